The van der Waals surface area contributed by atoms with E-state index in [1.165, 1.54) is 0 Å². The highest BCUT2D eigenvalue weighted by molar-refractivity contribution is 7.10. The van der Waals surface area contributed by atoms with Gasteiger partial charge < -0.3 is 9.80 Å². The molecule has 1 saturated heterocycles. The highest BCUT2D eigenvalue weighted by atomic mass is 32.1. The van der Waals surface area contributed by atoms with E-state index in [2.05, 4.69) is 9.97 Å². The van der Waals surface area contributed by atoms with Gasteiger partial charge in [0.15, 0.2) is 0 Å². The number of thiophene rings is 1. The van der Waals surface area contributed by atoms with E-state index < -0.39 is 0 Å². The van der Waals surface area contributed by atoms with Gasteiger partial charge in [0.25, 0.3) is 5.91 Å². The van der Waals surface area contributed by atoms with E-state index in [1.807, 2.05) is 67.6 Å². The quantitative estimate of drug-likeness (QED) is 0.614. The number of piperidine rings is 1. The van der Waals surface area contributed by atoms with Crippen LogP contribution in [0, 0.1) is 13.8 Å². The normalized spacial score (nSPS) is 16.5. The van der Waals surface area contributed by atoms with Crippen LogP contribution in [0.15, 0.2) is 36.1 Å². The van der Waals surface area contributed by atoms with Crippen molar-refractivity contribution >= 4 is 23.2 Å². The summed E-state index contributed by atoms with van der Waals surface area (Å²) >= 11 is 1.62. The van der Waals surface area contributed by atoms with E-state index >= 15 is 0 Å². The third-order valence-electron chi connectivity index (χ3n) is 5.57. The van der Waals surface area contributed by atoms with E-state index in [4.69, 9.17) is 4.98 Å². The maximum absolute atomic E-state index is 13.4. The van der Waals surface area contributed by atoms with Gasteiger partial charge in [0.2, 0.25) is 5.95 Å². The number of amides is 1. The van der Waals surface area contributed by atoms with E-state index in [-0.39, 0.29) is 11.9 Å². The minimum absolute atomic E-state index is 0.0734. The summed E-state index contributed by atoms with van der Waals surface area (Å²) < 4.78 is 0. The largest absolute Gasteiger partial charge is 0.347 e. The first kappa shape index (κ1) is 20.5. The molecule has 1 atom stereocenters. The number of carbonyl (C=O) groups is 1. The first-order chi connectivity index (χ1) is 14.5. The van der Waals surface area contributed by atoms with Gasteiger partial charge in [0.05, 0.1) is 17.3 Å². The number of hydrogen-bond donors (Lipinski definition) is 0. The molecule has 1 aliphatic rings. The summed E-state index contributed by atoms with van der Waals surface area (Å²) in [6.07, 6.45) is 8.54. The summed E-state index contributed by atoms with van der Waals surface area (Å²) in [4.78, 5) is 32.2. The summed E-state index contributed by atoms with van der Waals surface area (Å²) in [5.74, 6) is 0.747. The van der Waals surface area contributed by atoms with Crippen LogP contribution in [0.5, 0.6) is 0 Å². The molecular formula is C23H27N5OS. The average molecular weight is 422 g/mol. The Morgan fingerprint density at radius 3 is 2.73 bits per heavy atom. The summed E-state index contributed by atoms with van der Waals surface area (Å²) in [6.45, 7) is 4.82. The number of pyridine rings is 1. The average Bonchev–Trinajstić information content (AvgIpc) is 3.19. The Balaban J connectivity index is 1.82. The fourth-order valence-electron chi connectivity index (χ4n) is 4.02. The minimum Gasteiger partial charge on any atom is -0.347 e. The monoisotopic (exact) mass is 421 g/mol. The Morgan fingerprint density at radius 1 is 1.20 bits per heavy atom. The van der Waals surface area contributed by atoms with Crippen LogP contribution < -0.4 is 4.90 Å². The number of rotatable bonds is 4. The lowest BCUT2D eigenvalue weighted by molar-refractivity contribution is 0.0607. The van der Waals surface area contributed by atoms with Crippen molar-refractivity contribution in [1.29, 1.82) is 0 Å². The first-order valence-electron chi connectivity index (χ1n) is 10.3. The van der Waals surface area contributed by atoms with E-state index in [1.54, 1.807) is 17.5 Å². The maximum atomic E-state index is 13.4. The van der Waals surface area contributed by atoms with Crippen LogP contribution in [0.1, 0.15) is 51.8 Å². The molecule has 0 spiro atoms. The van der Waals surface area contributed by atoms with Gasteiger partial charge in [-0.1, -0.05) is 0 Å². The van der Waals surface area contributed by atoms with Gasteiger partial charge >= 0.3 is 0 Å². The predicted molar refractivity (Wildman–Crippen MR) is 121 cm³/mol. The molecule has 3 aromatic heterocycles. The van der Waals surface area contributed by atoms with Gasteiger partial charge in [0, 0.05) is 55.1 Å². The zero-order valence-electron chi connectivity index (χ0n) is 17.9. The van der Waals surface area contributed by atoms with Crippen LogP contribution >= 0.6 is 11.3 Å². The Bertz CT molecular complexity index is 1060. The molecule has 0 unspecified atom stereocenters. The van der Waals surface area contributed by atoms with Gasteiger partial charge in [0.1, 0.15) is 0 Å². The molecule has 0 aliphatic carbocycles. The van der Waals surface area contributed by atoms with Crippen molar-refractivity contribution in [3.05, 3.63) is 57.8 Å². The molecular weight excluding hydrogens is 394 g/mol. The summed E-state index contributed by atoms with van der Waals surface area (Å²) in [7, 11) is 3.88. The molecule has 4 heterocycles. The fourth-order valence-corrected chi connectivity index (χ4v) is 4.69. The molecule has 1 fully saturated rings. The molecule has 0 bridgehead atoms. The third-order valence-corrected chi connectivity index (χ3v) is 6.43. The van der Waals surface area contributed by atoms with Crippen molar-refractivity contribution in [2.45, 2.75) is 39.2 Å². The van der Waals surface area contributed by atoms with Gasteiger partial charge in [-0.2, -0.15) is 0 Å². The number of carbonyl (C=O) groups excluding carboxylic acids is 1. The Morgan fingerprint density at radius 2 is 2.03 bits per heavy atom. The van der Waals surface area contributed by atoms with Crippen LogP contribution in [0.25, 0.3) is 11.1 Å². The number of aryl methyl sites for hydroxylation is 2. The van der Waals surface area contributed by atoms with Crippen molar-refractivity contribution in [3.63, 3.8) is 0 Å². The molecule has 30 heavy (non-hydrogen) atoms. The lowest BCUT2D eigenvalue weighted by Crippen LogP contribution is -2.39. The maximum Gasteiger partial charge on any atom is 0.255 e. The molecule has 0 radical (unpaired) electrons. The minimum atomic E-state index is -0.0734. The predicted octanol–water partition coefficient (Wildman–Crippen LogP) is 4.65. The first-order valence-corrected chi connectivity index (χ1v) is 11.1. The molecule has 1 amide bonds. The smallest absolute Gasteiger partial charge is 0.255 e. The van der Waals surface area contributed by atoms with Gasteiger partial charge in [-0.15, -0.1) is 11.3 Å². The fraction of sp³-hybridized carbons (Fsp3) is 0.391. The van der Waals surface area contributed by atoms with Crippen LogP contribution in [0.4, 0.5) is 5.95 Å². The Hall–Kier alpha value is -2.80. The van der Waals surface area contributed by atoms with E-state index in [0.717, 1.165) is 58.6 Å². The highest BCUT2D eigenvalue weighted by Crippen LogP contribution is 2.38. The van der Waals surface area contributed by atoms with Crippen LogP contribution in [-0.4, -0.2) is 46.4 Å². The molecule has 0 N–H and O–H groups in total. The van der Waals surface area contributed by atoms with Gasteiger partial charge in [-0.25, -0.2) is 9.97 Å². The highest BCUT2D eigenvalue weighted by Gasteiger charge is 2.32. The number of aromatic nitrogens is 3. The van der Waals surface area contributed by atoms with Gasteiger partial charge in [-0.05, 0) is 56.4 Å². The molecule has 6 nitrogen and oxygen atoms in total. The summed E-state index contributed by atoms with van der Waals surface area (Å²) in [5, 5.41) is 1.96. The molecule has 156 valence electrons. The third kappa shape index (κ3) is 3.94. The molecule has 1 aliphatic heterocycles. The summed E-state index contributed by atoms with van der Waals surface area (Å²) in [6, 6.07) is 3.91. The standard InChI is InChI=1S/C23H27N5OS/c1-15-12-24-9-8-18(15)19-13-25-23(27(3)4)26-21(19)20-7-5-6-10-28(20)22(29)17-11-16(2)30-14-17/h8-9,11-14,20H,5-7,10H2,1-4H3/t20-/m0/s1. The van der Waals surface area contributed by atoms with E-state index in [0.29, 0.717) is 5.95 Å². The lowest BCUT2D eigenvalue weighted by atomic mass is 9.92. The van der Waals surface area contributed by atoms with Crippen molar-refractivity contribution < 1.29 is 4.79 Å². The lowest BCUT2D eigenvalue weighted by Gasteiger charge is -2.36. The molecule has 0 saturated carbocycles. The Kier molecular flexibility index (Phi) is 5.81. The topological polar surface area (TPSA) is 62.2 Å². The molecule has 4 rings (SSSR count). The van der Waals surface area contributed by atoms with Crippen molar-refractivity contribution in [2.24, 2.45) is 0 Å². The second-order valence-electron chi connectivity index (χ2n) is 8.01. The van der Waals surface area contributed by atoms with Crippen LogP contribution in [-0.2, 0) is 0 Å². The van der Waals surface area contributed by atoms with Crippen LogP contribution in [0.3, 0.4) is 0 Å². The van der Waals surface area contributed by atoms with Crippen molar-refractivity contribution in [2.75, 3.05) is 25.5 Å². The van der Waals surface area contributed by atoms with Crippen molar-refractivity contribution in [3.8, 4) is 11.1 Å². The zero-order chi connectivity index (χ0) is 21.3. The molecule has 7 heteroatoms. The summed E-state index contributed by atoms with van der Waals surface area (Å²) in [5.41, 5.74) is 4.80. The van der Waals surface area contributed by atoms with E-state index in [9.17, 15) is 4.79 Å². The van der Waals surface area contributed by atoms with Gasteiger partial charge in [-0.3, -0.25) is 9.78 Å². The number of hydrogen-bond acceptors (Lipinski definition) is 6. The zero-order valence-corrected chi connectivity index (χ0v) is 18.7. The molecule has 3 aromatic rings. The second-order valence-corrected chi connectivity index (χ2v) is 9.13. The number of anilines is 1. The second kappa shape index (κ2) is 8.52. The van der Waals surface area contributed by atoms with Crippen molar-refractivity contribution in [1.82, 2.24) is 19.9 Å². The van der Waals surface area contributed by atoms with Crippen LogP contribution in [0.2, 0.25) is 0 Å². The molecule has 0 aromatic carbocycles. The number of nitrogens with zero attached hydrogens (tertiary/aromatic N) is 5. The number of likely N-dealkylation sites (tertiary alicyclic amines) is 1. The SMILES string of the molecule is Cc1cc(C(=O)N2CCCC[C@H]2c2nc(N(C)C)ncc2-c2ccncc2C)cs1. The Labute approximate surface area is 181 Å².